The molecule has 0 spiro atoms. The molecule has 0 aromatic heterocycles. The van der Waals surface area contributed by atoms with E-state index in [4.69, 9.17) is 29.4 Å². The fourth-order valence-electron chi connectivity index (χ4n) is 4.50. The van der Waals surface area contributed by atoms with Gasteiger partial charge in [0.05, 0.1) is 33.5 Å². The molecule has 156 valence electrons. The molecule has 2 saturated heterocycles. The minimum Gasteiger partial charge on any atom is -0.493 e. The second-order valence-corrected chi connectivity index (χ2v) is 7.56. The third kappa shape index (κ3) is 3.80. The normalized spacial score (nSPS) is 25.7. The van der Waals surface area contributed by atoms with Gasteiger partial charge < -0.3 is 29.4 Å². The van der Waals surface area contributed by atoms with Crippen LogP contribution in [0.15, 0.2) is 36.4 Å². The van der Waals surface area contributed by atoms with Crippen LogP contribution in [-0.2, 0) is 9.47 Å². The summed E-state index contributed by atoms with van der Waals surface area (Å²) in [4.78, 5) is 0. The SMILES string of the molecule is COc1cc(-c2ccccc2C2CC3CC(CCN)OC3O2)cc(OC)c1OC. The van der Waals surface area contributed by atoms with Gasteiger partial charge in [-0.3, -0.25) is 0 Å². The van der Waals surface area contributed by atoms with Crippen LogP contribution in [0.2, 0.25) is 0 Å². The van der Waals surface area contributed by atoms with E-state index >= 15 is 0 Å². The predicted octanol–water partition coefficient (Wildman–Crippen LogP) is 3.92. The van der Waals surface area contributed by atoms with E-state index in [-0.39, 0.29) is 18.5 Å². The minimum atomic E-state index is -0.135. The highest BCUT2D eigenvalue weighted by molar-refractivity contribution is 5.74. The summed E-state index contributed by atoms with van der Waals surface area (Å²) in [6.07, 6.45) is 2.95. The molecule has 6 heteroatoms. The van der Waals surface area contributed by atoms with E-state index in [9.17, 15) is 0 Å². The molecule has 2 heterocycles. The van der Waals surface area contributed by atoms with Crippen molar-refractivity contribution in [3.05, 3.63) is 42.0 Å². The molecule has 6 nitrogen and oxygen atoms in total. The standard InChI is InChI=1S/C23H29NO5/c1-25-20-11-14(12-21(26-2)22(20)27-3)17-6-4-5-7-18(17)19-13-15-10-16(8-9-24)28-23(15)29-19/h4-7,11-12,15-16,19,23H,8-10,13,24H2,1-3H3. The van der Waals surface area contributed by atoms with E-state index in [2.05, 4.69) is 12.1 Å². The Morgan fingerprint density at radius 2 is 1.69 bits per heavy atom. The Balaban J connectivity index is 1.64. The van der Waals surface area contributed by atoms with E-state index in [0.29, 0.717) is 29.7 Å². The maximum absolute atomic E-state index is 6.32. The summed E-state index contributed by atoms with van der Waals surface area (Å²) in [5.74, 6) is 2.27. The maximum atomic E-state index is 6.32. The van der Waals surface area contributed by atoms with Crippen LogP contribution >= 0.6 is 0 Å². The first-order chi connectivity index (χ1) is 14.2. The lowest BCUT2D eigenvalue weighted by molar-refractivity contribution is -0.140. The molecule has 0 bridgehead atoms. The van der Waals surface area contributed by atoms with Gasteiger partial charge in [-0.1, -0.05) is 24.3 Å². The zero-order valence-electron chi connectivity index (χ0n) is 17.2. The highest BCUT2D eigenvalue weighted by Crippen LogP contribution is 2.48. The van der Waals surface area contributed by atoms with Crippen molar-refractivity contribution in [3.8, 4) is 28.4 Å². The largest absolute Gasteiger partial charge is 0.493 e. The maximum Gasteiger partial charge on any atom is 0.203 e. The Labute approximate surface area is 171 Å². The third-order valence-electron chi connectivity index (χ3n) is 5.86. The molecule has 0 aliphatic carbocycles. The zero-order valence-corrected chi connectivity index (χ0v) is 17.2. The number of rotatable bonds is 7. The molecule has 4 atom stereocenters. The molecule has 0 saturated carbocycles. The third-order valence-corrected chi connectivity index (χ3v) is 5.86. The first-order valence-corrected chi connectivity index (χ1v) is 10.1. The molecular weight excluding hydrogens is 370 g/mol. The van der Waals surface area contributed by atoms with E-state index in [0.717, 1.165) is 36.0 Å². The Hall–Kier alpha value is -2.28. The van der Waals surface area contributed by atoms with Crippen molar-refractivity contribution in [3.63, 3.8) is 0 Å². The predicted molar refractivity (Wildman–Crippen MR) is 110 cm³/mol. The highest BCUT2D eigenvalue weighted by Gasteiger charge is 2.44. The van der Waals surface area contributed by atoms with Crippen molar-refractivity contribution in [2.24, 2.45) is 11.7 Å². The first-order valence-electron chi connectivity index (χ1n) is 10.1. The van der Waals surface area contributed by atoms with Gasteiger partial charge in [-0.15, -0.1) is 0 Å². The molecule has 2 aromatic rings. The van der Waals surface area contributed by atoms with E-state index < -0.39 is 0 Å². The summed E-state index contributed by atoms with van der Waals surface area (Å²) in [6.45, 7) is 0.650. The molecule has 2 aliphatic rings. The van der Waals surface area contributed by atoms with Crippen LogP contribution in [0.1, 0.15) is 30.9 Å². The molecule has 2 aliphatic heterocycles. The molecule has 0 amide bonds. The molecule has 2 fully saturated rings. The van der Waals surface area contributed by atoms with Gasteiger partial charge in [-0.05, 0) is 54.6 Å². The number of ether oxygens (including phenoxy) is 5. The van der Waals surface area contributed by atoms with Crippen LogP contribution in [-0.4, -0.2) is 40.3 Å². The Morgan fingerprint density at radius 1 is 0.966 bits per heavy atom. The number of fused-ring (bicyclic) bond motifs is 1. The second-order valence-electron chi connectivity index (χ2n) is 7.56. The van der Waals surface area contributed by atoms with Gasteiger partial charge in [0.2, 0.25) is 5.75 Å². The monoisotopic (exact) mass is 399 g/mol. The lowest BCUT2D eigenvalue weighted by atomic mass is 9.91. The van der Waals surface area contributed by atoms with Crippen LogP contribution in [0.5, 0.6) is 17.2 Å². The number of methoxy groups -OCH3 is 3. The number of hydrogen-bond acceptors (Lipinski definition) is 6. The zero-order chi connectivity index (χ0) is 20.4. The number of benzene rings is 2. The first kappa shape index (κ1) is 20.0. The fourth-order valence-corrected chi connectivity index (χ4v) is 4.50. The summed E-state index contributed by atoms with van der Waals surface area (Å²) >= 11 is 0. The van der Waals surface area contributed by atoms with Gasteiger partial charge >= 0.3 is 0 Å². The molecular formula is C23H29NO5. The van der Waals surface area contributed by atoms with Crippen LogP contribution in [0.25, 0.3) is 11.1 Å². The van der Waals surface area contributed by atoms with Crippen molar-refractivity contribution < 1.29 is 23.7 Å². The second kappa shape index (κ2) is 8.61. The summed E-state index contributed by atoms with van der Waals surface area (Å²) < 4.78 is 28.9. The van der Waals surface area contributed by atoms with Crippen LogP contribution < -0.4 is 19.9 Å². The highest BCUT2D eigenvalue weighted by atomic mass is 16.7. The van der Waals surface area contributed by atoms with Gasteiger partial charge in [-0.25, -0.2) is 0 Å². The smallest absolute Gasteiger partial charge is 0.203 e. The van der Waals surface area contributed by atoms with Crippen molar-refractivity contribution >= 4 is 0 Å². The molecule has 4 rings (SSSR count). The molecule has 0 radical (unpaired) electrons. The van der Waals surface area contributed by atoms with E-state index in [1.807, 2.05) is 24.3 Å². The van der Waals surface area contributed by atoms with Gasteiger partial charge in [0, 0.05) is 5.92 Å². The summed E-state index contributed by atoms with van der Waals surface area (Å²) in [5, 5.41) is 0. The average molecular weight is 399 g/mol. The molecule has 2 N–H and O–H groups in total. The lowest BCUT2D eigenvalue weighted by Gasteiger charge is -2.20. The van der Waals surface area contributed by atoms with Crippen molar-refractivity contribution in [1.82, 2.24) is 0 Å². The molecule has 29 heavy (non-hydrogen) atoms. The van der Waals surface area contributed by atoms with Crippen molar-refractivity contribution in [2.75, 3.05) is 27.9 Å². The van der Waals surface area contributed by atoms with Crippen molar-refractivity contribution in [1.29, 1.82) is 0 Å². The molecule has 2 aromatic carbocycles. The number of nitrogens with two attached hydrogens (primary N) is 1. The molecule has 4 unspecified atom stereocenters. The quantitative estimate of drug-likeness (QED) is 0.761. The summed E-state index contributed by atoms with van der Waals surface area (Å²) in [7, 11) is 4.86. The minimum absolute atomic E-state index is 0.000817. The van der Waals surface area contributed by atoms with E-state index in [1.54, 1.807) is 21.3 Å². The summed E-state index contributed by atoms with van der Waals surface area (Å²) in [6, 6.07) is 12.3. The Bertz CT molecular complexity index is 816. The van der Waals surface area contributed by atoms with Crippen molar-refractivity contribution in [2.45, 2.75) is 37.8 Å². The van der Waals surface area contributed by atoms with Gasteiger partial charge in [0.25, 0.3) is 0 Å². The van der Waals surface area contributed by atoms with Crippen LogP contribution in [0.4, 0.5) is 0 Å². The van der Waals surface area contributed by atoms with Gasteiger partial charge in [0.15, 0.2) is 17.8 Å². The van der Waals surface area contributed by atoms with Gasteiger partial charge in [0.1, 0.15) is 0 Å². The Morgan fingerprint density at radius 3 is 2.31 bits per heavy atom. The average Bonchev–Trinajstić information content (AvgIpc) is 3.31. The lowest BCUT2D eigenvalue weighted by Crippen LogP contribution is -2.17. The van der Waals surface area contributed by atoms with Crippen LogP contribution in [0, 0.1) is 5.92 Å². The van der Waals surface area contributed by atoms with E-state index in [1.165, 1.54) is 0 Å². The fraction of sp³-hybridized carbons (Fsp3) is 0.478. The van der Waals surface area contributed by atoms with Crippen LogP contribution in [0.3, 0.4) is 0 Å². The summed E-state index contributed by atoms with van der Waals surface area (Å²) in [5.41, 5.74) is 8.92. The topological polar surface area (TPSA) is 72.2 Å². The number of hydrogen-bond donors (Lipinski definition) is 1. The Kier molecular flexibility index (Phi) is 5.94. The van der Waals surface area contributed by atoms with Gasteiger partial charge in [-0.2, -0.15) is 0 Å².